The van der Waals surface area contributed by atoms with Crippen molar-refractivity contribution in [1.82, 2.24) is 20.2 Å². The van der Waals surface area contributed by atoms with E-state index in [1.54, 1.807) is 0 Å². The number of hydrogen-bond donors (Lipinski definition) is 2. The highest BCUT2D eigenvalue weighted by molar-refractivity contribution is 9.10. The molecular formula is C19H16BrN5OS. The molecule has 136 valence electrons. The summed E-state index contributed by atoms with van der Waals surface area (Å²) in [5.41, 5.74) is 5.41. The molecule has 2 aromatic carbocycles. The fraction of sp³-hybridized carbons (Fsp3) is 0.158. The van der Waals surface area contributed by atoms with Crippen LogP contribution in [0.1, 0.15) is 11.1 Å². The van der Waals surface area contributed by atoms with Gasteiger partial charge in [0.1, 0.15) is 5.52 Å². The number of anilines is 1. The van der Waals surface area contributed by atoms with Crippen LogP contribution in [0.2, 0.25) is 0 Å². The largest absolute Gasteiger partial charge is 0.338 e. The van der Waals surface area contributed by atoms with Gasteiger partial charge < -0.3 is 10.3 Å². The lowest BCUT2D eigenvalue weighted by atomic mass is 10.2. The van der Waals surface area contributed by atoms with Gasteiger partial charge in [0.15, 0.2) is 5.65 Å². The number of H-pyrrole nitrogens is 1. The van der Waals surface area contributed by atoms with Crippen LogP contribution in [0.3, 0.4) is 0 Å². The number of rotatable bonds is 4. The first-order chi connectivity index (χ1) is 13.0. The van der Waals surface area contributed by atoms with Crippen molar-refractivity contribution in [3.63, 3.8) is 0 Å². The van der Waals surface area contributed by atoms with Gasteiger partial charge in [0.25, 0.3) is 0 Å². The second-order valence-corrected chi connectivity index (χ2v) is 8.08. The predicted molar refractivity (Wildman–Crippen MR) is 112 cm³/mol. The molecule has 0 saturated carbocycles. The molecular weight excluding hydrogens is 426 g/mol. The number of hydrogen-bond acceptors (Lipinski definition) is 5. The van der Waals surface area contributed by atoms with Crippen LogP contribution in [0.15, 0.2) is 46.0 Å². The number of carbonyl (C=O) groups excluding carboxylic acids is 1. The summed E-state index contributed by atoms with van der Waals surface area (Å²) in [7, 11) is 0. The van der Waals surface area contributed by atoms with Gasteiger partial charge in [-0.15, -0.1) is 10.2 Å². The van der Waals surface area contributed by atoms with Crippen molar-refractivity contribution in [3.8, 4) is 0 Å². The zero-order valence-corrected chi connectivity index (χ0v) is 17.1. The Morgan fingerprint density at radius 1 is 1.15 bits per heavy atom. The third-order valence-corrected chi connectivity index (χ3v) is 5.58. The van der Waals surface area contributed by atoms with Gasteiger partial charge in [-0.1, -0.05) is 29.5 Å². The number of thioether (sulfide) groups is 1. The average Bonchev–Trinajstić information content (AvgIpc) is 2.99. The third-order valence-electron chi connectivity index (χ3n) is 4.08. The molecule has 0 unspecified atom stereocenters. The van der Waals surface area contributed by atoms with E-state index in [9.17, 15) is 4.79 Å². The predicted octanol–water partition coefficient (Wildman–Crippen LogP) is 4.62. The fourth-order valence-electron chi connectivity index (χ4n) is 2.77. The third kappa shape index (κ3) is 3.81. The molecule has 0 bridgehead atoms. The number of benzene rings is 2. The van der Waals surface area contributed by atoms with Crippen molar-refractivity contribution in [1.29, 1.82) is 0 Å². The van der Waals surface area contributed by atoms with Crippen molar-refractivity contribution in [2.75, 3.05) is 11.1 Å². The zero-order valence-electron chi connectivity index (χ0n) is 14.7. The molecule has 4 rings (SSSR count). The molecule has 0 saturated heterocycles. The molecule has 0 aliphatic carbocycles. The van der Waals surface area contributed by atoms with E-state index in [2.05, 4.69) is 47.5 Å². The Hall–Kier alpha value is -2.45. The number of carbonyl (C=O) groups is 1. The Balaban J connectivity index is 1.48. The van der Waals surface area contributed by atoms with E-state index < -0.39 is 0 Å². The number of aromatic nitrogens is 4. The van der Waals surface area contributed by atoms with Crippen molar-refractivity contribution in [2.24, 2.45) is 0 Å². The molecule has 2 aromatic heterocycles. The Morgan fingerprint density at radius 3 is 2.74 bits per heavy atom. The van der Waals surface area contributed by atoms with Crippen molar-refractivity contribution in [2.45, 2.75) is 19.0 Å². The maximum absolute atomic E-state index is 12.2. The molecule has 4 aromatic rings. The number of aryl methyl sites for hydroxylation is 2. The monoisotopic (exact) mass is 441 g/mol. The van der Waals surface area contributed by atoms with Gasteiger partial charge in [-0.05, 0) is 59.6 Å². The quantitative estimate of drug-likeness (QED) is 0.451. The molecule has 0 aliphatic heterocycles. The highest BCUT2D eigenvalue weighted by atomic mass is 79.9. The van der Waals surface area contributed by atoms with Gasteiger partial charge >= 0.3 is 0 Å². The first kappa shape index (κ1) is 17.9. The molecule has 8 heteroatoms. The van der Waals surface area contributed by atoms with Crippen LogP contribution < -0.4 is 5.32 Å². The molecule has 0 aliphatic rings. The Bertz CT molecular complexity index is 1170. The minimum atomic E-state index is -0.125. The van der Waals surface area contributed by atoms with Crippen LogP contribution in [-0.2, 0) is 4.79 Å². The van der Waals surface area contributed by atoms with Crippen LogP contribution >= 0.6 is 27.7 Å². The van der Waals surface area contributed by atoms with E-state index in [-0.39, 0.29) is 11.7 Å². The molecule has 1 amide bonds. The Morgan fingerprint density at radius 2 is 1.93 bits per heavy atom. The lowest BCUT2D eigenvalue weighted by molar-refractivity contribution is -0.113. The number of fused-ring (bicyclic) bond motifs is 3. The summed E-state index contributed by atoms with van der Waals surface area (Å²) in [4.78, 5) is 20.0. The van der Waals surface area contributed by atoms with Crippen LogP contribution in [0.25, 0.3) is 22.1 Å². The molecule has 0 atom stereocenters. The number of halogens is 1. The highest BCUT2D eigenvalue weighted by Crippen LogP contribution is 2.26. The van der Waals surface area contributed by atoms with Crippen LogP contribution in [0.5, 0.6) is 0 Å². The van der Waals surface area contributed by atoms with E-state index in [0.717, 1.165) is 37.7 Å². The average molecular weight is 442 g/mol. The lowest BCUT2D eigenvalue weighted by Crippen LogP contribution is -2.14. The van der Waals surface area contributed by atoms with Gasteiger partial charge in [-0.25, -0.2) is 4.98 Å². The van der Waals surface area contributed by atoms with Gasteiger partial charge in [0.2, 0.25) is 11.1 Å². The summed E-state index contributed by atoms with van der Waals surface area (Å²) in [5, 5.41) is 12.8. The standard InChI is InChI=1S/C19H16BrN5OS/c1-10-3-5-14-12(7-10)17-18(22-14)23-19(25-24-17)27-9-16(26)21-15-6-4-11(2)8-13(15)20/h3-8H,9H2,1-2H3,(H,21,26)(H,22,23,25). The van der Waals surface area contributed by atoms with E-state index in [1.165, 1.54) is 11.8 Å². The van der Waals surface area contributed by atoms with E-state index in [0.29, 0.717) is 10.8 Å². The maximum Gasteiger partial charge on any atom is 0.234 e. The lowest BCUT2D eigenvalue weighted by Gasteiger charge is -2.07. The summed E-state index contributed by atoms with van der Waals surface area (Å²) in [6.45, 7) is 4.03. The van der Waals surface area contributed by atoms with Crippen LogP contribution in [-0.4, -0.2) is 31.8 Å². The topological polar surface area (TPSA) is 83.6 Å². The van der Waals surface area contributed by atoms with Gasteiger partial charge in [-0.3, -0.25) is 4.79 Å². The highest BCUT2D eigenvalue weighted by Gasteiger charge is 2.12. The van der Waals surface area contributed by atoms with Crippen molar-refractivity contribution < 1.29 is 4.79 Å². The number of amides is 1. The molecule has 0 spiro atoms. The number of nitrogens with one attached hydrogen (secondary N) is 2. The second-order valence-electron chi connectivity index (χ2n) is 6.29. The normalized spacial score (nSPS) is 11.2. The van der Waals surface area contributed by atoms with E-state index in [4.69, 9.17) is 0 Å². The van der Waals surface area contributed by atoms with Gasteiger partial charge in [0, 0.05) is 15.4 Å². The van der Waals surface area contributed by atoms with Crippen molar-refractivity contribution >= 4 is 61.4 Å². The zero-order chi connectivity index (χ0) is 19.0. The SMILES string of the molecule is Cc1ccc(NC(=O)CSc2nnc3c(n2)[nH]c2ccc(C)cc23)c(Br)c1. The van der Waals surface area contributed by atoms with Gasteiger partial charge in [0.05, 0.1) is 11.4 Å². The summed E-state index contributed by atoms with van der Waals surface area (Å²) in [6.07, 6.45) is 0. The minimum Gasteiger partial charge on any atom is -0.338 e. The first-order valence-electron chi connectivity index (χ1n) is 8.31. The molecule has 27 heavy (non-hydrogen) atoms. The molecule has 2 N–H and O–H groups in total. The summed E-state index contributed by atoms with van der Waals surface area (Å²) >= 11 is 4.71. The van der Waals surface area contributed by atoms with E-state index in [1.807, 2.05) is 44.2 Å². The molecule has 0 radical (unpaired) electrons. The molecule has 6 nitrogen and oxygen atoms in total. The maximum atomic E-state index is 12.2. The fourth-order valence-corrected chi connectivity index (χ4v) is 3.95. The Labute approximate surface area is 168 Å². The van der Waals surface area contributed by atoms with E-state index >= 15 is 0 Å². The summed E-state index contributed by atoms with van der Waals surface area (Å²) in [6, 6.07) is 11.9. The first-order valence-corrected chi connectivity index (χ1v) is 10.1. The summed E-state index contributed by atoms with van der Waals surface area (Å²) in [5.74, 6) is 0.0767. The molecule has 2 heterocycles. The van der Waals surface area contributed by atoms with Crippen LogP contribution in [0.4, 0.5) is 5.69 Å². The minimum absolute atomic E-state index is 0.125. The Kier molecular flexibility index (Phi) is 4.84. The van der Waals surface area contributed by atoms with Crippen molar-refractivity contribution in [3.05, 3.63) is 52.0 Å². The van der Waals surface area contributed by atoms with Crippen LogP contribution in [0, 0.1) is 13.8 Å². The number of aromatic amines is 1. The summed E-state index contributed by atoms with van der Waals surface area (Å²) < 4.78 is 0.855. The van der Waals surface area contributed by atoms with Gasteiger partial charge in [-0.2, -0.15) is 0 Å². The number of nitrogens with zero attached hydrogens (tertiary/aromatic N) is 3. The molecule has 0 fully saturated rings. The second kappa shape index (κ2) is 7.28. The smallest absolute Gasteiger partial charge is 0.234 e.